The van der Waals surface area contributed by atoms with Crippen LogP contribution in [0.25, 0.3) is 0 Å². The molecule has 1 aromatic carbocycles. The maximum atomic E-state index is 8.98. The minimum Gasteiger partial charge on any atom is -0.381 e. The van der Waals surface area contributed by atoms with Crippen LogP contribution in [0, 0.1) is 25.7 Å². The first-order valence-electron chi connectivity index (χ1n) is 4.36. The van der Waals surface area contributed by atoms with Crippen LogP contribution >= 0.6 is 0 Å². The fourth-order valence-corrected chi connectivity index (χ4v) is 1.23. The summed E-state index contributed by atoms with van der Waals surface area (Å²) in [5, 5.41) is 8.98. The Kier molecular flexibility index (Phi) is 3.11. The van der Waals surface area contributed by atoms with Crippen molar-refractivity contribution in [3.63, 3.8) is 0 Å². The first kappa shape index (κ1) is 9.83. The van der Waals surface area contributed by atoms with E-state index in [9.17, 15) is 0 Å². The number of rotatable bonds is 0. The molecule has 1 N–H and O–H groups in total. The van der Waals surface area contributed by atoms with Crippen LogP contribution in [0.15, 0.2) is 18.2 Å². The summed E-state index contributed by atoms with van der Waals surface area (Å²) in [6, 6.07) is 6.14. The van der Waals surface area contributed by atoms with Gasteiger partial charge in [-0.2, -0.15) is 0 Å². The summed E-state index contributed by atoms with van der Waals surface area (Å²) < 4.78 is 0. The normalized spacial score (nSPS) is 11.7. The standard InChI is InChI=1S/C12H14O/c1-9-6-10(2)8-12(7-9)5-4-11(3)13/h6-8,11,13H,1-3H3. The van der Waals surface area contributed by atoms with E-state index in [4.69, 9.17) is 5.11 Å². The molecule has 0 radical (unpaired) electrons. The van der Waals surface area contributed by atoms with Crippen molar-refractivity contribution in [1.29, 1.82) is 0 Å². The largest absolute Gasteiger partial charge is 0.381 e. The van der Waals surface area contributed by atoms with Crippen LogP contribution in [0.1, 0.15) is 23.6 Å². The molecule has 68 valence electrons. The van der Waals surface area contributed by atoms with Gasteiger partial charge in [-0.15, -0.1) is 0 Å². The van der Waals surface area contributed by atoms with Crippen LogP contribution in [0.5, 0.6) is 0 Å². The SMILES string of the molecule is Cc1cc(C)cc(C#CC(C)O)c1. The number of aliphatic hydroxyl groups is 1. The van der Waals surface area contributed by atoms with Gasteiger partial charge in [-0.1, -0.05) is 17.9 Å². The lowest BCUT2D eigenvalue weighted by atomic mass is 10.1. The molecular weight excluding hydrogens is 160 g/mol. The average molecular weight is 174 g/mol. The van der Waals surface area contributed by atoms with Gasteiger partial charge in [0.05, 0.1) is 0 Å². The number of aliphatic hydroxyl groups excluding tert-OH is 1. The Morgan fingerprint density at radius 2 is 1.69 bits per heavy atom. The van der Waals surface area contributed by atoms with Gasteiger partial charge in [-0.3, -0.25) is 0 Å². The summed E-state index contributed by atoms with van der Waals surface area (Å²) in [4.78, 5) is 0. The van der Waals surface area contributed by atoms with Crippen molar-refractivity contribution in [3.05, 3.63) is 34.9 Å². The number of aryl methyl sites for hydroxylation is 2. The second-order valence-electron chi connectivity index (χ2n) is 3.32. The first-order chi connectivity index (χ1) is 6.08. The first-order valence-corrected chi connectivity index (χ1v) is 4.36. The third kappa shape index (κ3) is 3.31. The maximum Gasteiger partial charge on any atom is 0.112 e. The lowest BCUT2D eigenvalue weighted by molar-refractivity contribution is 0.253. The fraction of sp³-hybridized carbons (Fsp3) is 0.333. The van der Waals surface area contributed by atoms with Gasteiger partial charge < -0.3 is 5.11 Å². The quantitative estimate of drug-likeness (QED) is 0.597. The van der Waals surface area contributed by atoms with Crippen molar-refractivity contribution in [3.8, 4) is 11.8 Å². The summed E-state index contributed by atoms with van der Waals surface area (Å²) in [7, 11) is 0. The van der Waals surface area contributed by atoms with Gasteiger partial charge in [-0.25, -0.2) is 0 Å². The van der Waals surface area contributed by atoms with Gasteiger partial charge in [0.15, 0.2) is 0 Å². The molecule has 13 heavy (non-hydrogen) atoms. The molecule has 0 fully saturated rings. The molecule has 0 saturated heterocycles. The molecule has 0 heterocycles. The van der Waals surface area contributed by atoms with E-state index in [1.807, 2.05) is 26.0 Å². The molecule has 1 unspecified atom stereocenters. The predicted molar refractivity (Wildman–Crippen MR) is 54.5 cm³/mol. The van der Waals surface area contributed by atoms with Gasteiger partial charge in [0.25, 0.3) is 0 Å². The molecular formula is C12H14O. The van der Waals surface area contributed by atoms with E-state index in [1.165, 1.54) is 11.1 Å². The minimum atomic E-state index is -0.555. The van der Waals surface area contributed by atoms with Crippen LogP contribution in [0.2, 0.25) is 0 Å². The van der Waals surface area contributed by atoms with Crippen LogP contribution in [-0.2, 0) is 0 Å². The summed E-state index contributed by atoms with van der Waals surface area (Å²) in [6.07, 6.45) is -0.555. The van der Waals surface area contributed by atoms with Gasteiger partial charge in [0, 0.05) is 5.56 Å². The summed E-state index contributed by atoms with van der Waals surface area (Å²) in [5.41, 5.74) is 3.38. The second-order valence-corrected chi connectivity index (χ2v) is 3.32. The Morgan fingerprint density at radius 1 is 1.15 bits per heavy atom. The van der Waals surface area contributed by atoms with Crippen LogP contribution in [0.3, 0.4) is 0 Å². The third-order valence-corrected chi connectivity index (χ3v) is 1.65. The van der Waals surface area contributed by atoms with Gasteiger partial charge >= 0.3 is 0 Å². The number of hydrogen-bond acceptors (Lipinski definition) is 1. The average Bonchev–Trinajstić information content (AvgIpc) is 1.99. The molecule has 1 aromatic rings. The van der Waals surface area contributed by atoms with E-state index in [1.54, 1.807) is 6.92 Å². The zero-order valence-electron chi connectivity index (χ0n) is 8.26. The monoisotopic (exact) mass is 174 g/mol. The highest BCUT2D eigenvalue weighted by molar-refractivity contribution is 5.40. The number of hydrogen-bond donors (Lipinski definition) is 1. The summed E-state index contributed by atoms with van der Waals surface area (Å²) in [6.45, 7) is 5.75. The molecule has 0 aliphatic carbocycles. The van der Waals surface area contributed by atoms with Crippen molar-refractivity contribution in [1.82, 2.24) is 0 Å². The van der Waals surface area contributed by atoms with E-state index >= 15 is 0 Å². The molecule has 0 saturated carbocycles. The zero-order chi connectivity index (χ0) is 9.84. The Balaban J connectivity index is 2.98. The van der Waals surface area contributed by atoms with Gasteiger partial charge in [-0.05, 0) is 44.0 Å². The summed E-state index contributed by atoms with van der Waals surface area (Å²) >= 11 is 0. The van der Waals surface area contributed by atoms with Crippen molar-refractivity contribution in [2.24, 2.45) is 0 Å². The van der Waals surface area contributed by atoms with Crippen LogP contribution < -0.4 is 0 Å². The van der Waals surface area contributed by atoms with E-state index in [2.05, 4.69) is 17.9 Å². The fourth-order valence-electron chi connectivity index (χ4n) is 1.23. The molecule has 1 atom stereocenters. The Morgan fingerprint density at radius 3 is 2.15 bits per heavy atom. The van der Waals surface area contributed by atoms with Crippen molar-refractivity contribution in [2.45, 2.75) is 26.9 Å². The third-order valence-electron chi connectivity index (χ3n) is 1.65. The molecule has 1 nitrogen and oxygen atoms in total. The predicted octanol–water partition coefficient (Wildman–Crippen LogP) is 2.04. The highest BCUT2D eigenvalue weighted by Crippen LogP contribution is 2.07. The minimum absolute atomic E-state index is 0.555. The van der Waals surface area contributed by atoms with E-state index in [0.29, 0.717) is 0 Å². The molecule has 1 heteroatoms. The molecule has 0 amide bonds. The Bertz CT molecular complexity index is 333. The van der Waals surface area contributed by atoms with Crippen molar-refractivity contribution in [2.75, 3.05) is 0 Å². The topological polar surface area (TPSA) is 20.2 Å². The lowest BCUT2D eigenvalue weighted by Gasteiger charge is -1.97. The van der Waals surface area contributed by atoms with Crippen LogP contribution in [0.4, 0.5) is 0 Å². The maximum absolute atomic E-state index is 8.98. The highest BCUT2D eigenvalue weighted by Gasteiger charge is 1.92. The van der Waals surface area contributed by atoms with Gasteiger partial charge in [0.1, 0.15) is 6.10 Å². The van der Waals surface area contributed by atoms with E-state index < -0.39 is 6.10 Å². The lowest BCUT2D eigenvalue weighted by Crippen LogP contribution is -1.92. The van der Waals surface area contributed by atoms with Crippen molar-refractivity contribution < 1.29 is 5.11 Å². The molecule has 0 aromatic heterocycles. The van der Waals surface area contributed by atoms with Crippen LogP contribution in [-0.4, -0.2) is 11.2 Å². The second kappa shape index (κ2) is 4.11. The Labute approximate surface area is 79.4 Å². The molecule has 0 spiro atoms. The van der Waals surface area contributed by atoms with E-state index in [0.717, 1.165) is 5.56 Å². The summed E-state index contributed by atoms with van der Waals surface area (Å²) in [5.74, 6) is 5.65. The number of benzene rings is 1. The molecule has 1 rings (SSSR count). The van der Waals surface area contributed by atoms with Gasteiger partial charge in [0.2, 0.25) is 0 Å². The molecule has 0 aliphatic rings. The van der Waals surface area contributed by atoms with E-state index in [-0.39, 0.29) is 0 Å². The zero-order valence-corrected chi connectivity index (χ0v) is 8.26. The smallest absolute Gasteiger partial charge is 0.112 e. The highest BCUT2D eigenvalue weighted by atomic mass is 16.3. The molecule has 0 bridgehead atoms. The molecule has 0 aliphatic heterocycles. The Hall–Kier alpha value is -1.26. The van der Waals surface area contributed by atoms with Crippen molar-refractivity contribution >= 4 is 0 Å².